The monoisotopic (exact) mass is 355 g/mol. The molecule has 0 radical (unpaired) electrons. The Bertz CT molecular complexity index is 667. The van der Waals surface area contributed by atoms with Gasteiger partial charge in [0.25, 0.3) is 0 Å². The van der Waals surface area contributed by atoms with Gasteiger partial charge in [0.1, 0.15) is 0 Å². The molecule has 25 heavy (non-hydrogen) atoms. The van der Waals surface area contributed by atoms with Crippen LogP contribution in [0.4, 0.5) is 0 Å². The molecule has 1 fully saturated rings. The Morgan fingerprint density at radius 3 is 2.20 bits per heavy atom. The summed E-state index contributed by atoms with van der Waals surface area (Å²) in [4.78, 5) is 6.70. The predicted octanol–water partition coefficient (Wildman–Crippen LogP) is 3.27. The van der Waals surface area contributed by atoms with Crippen LogP contribution in [-0.4, -0.2) is 35.5 Å². The lowest BCUT2D eigenvalue weighted by atomic mass is 10.1. The van der Waals surface area contributed by atoms with Gasteiger partial charge in [0.05, 0.1) is 19.8 Å². The van der Waals surface area contributed by atoms with Crippen LogP contribution in [0.3, 0.4) is 0 Å². The molecule has 2 aromatic carbocycles. The van der Waals surface area contributed by atoms with E-state index in [-0.39, 0.29) is 0 Å². The highest BCUT2D eigenvalue weighted by molar-refractivity contribution is 7.99. The SMILES string of the molecule is NC(=NCc1ccc(COCc2ccccc2)cc1)N1CCSCC1. The van der Waals surface area contributed by atoms with Crippen molar-refractivity contribution in [3.8, 4) is 0 Å². The molecule has 132 valence electrons. The molecule has 0 amide bonds. The van der Waals surface area contributed by atoms with Crippen LogP contribution in [0.15, 0.2) is 59.6 Å². The lowest BCUT2D eigenvalue weighted by molar-refractivity contribution is 0.107. The molecule has 0 atom stereocenters. The van der Waals surface area contributed by atoms with Gasteiger partial charge in [-0.3, -0.25) is 0 Å². The van der Waals surface area contributed by atoms with Crippen molar-refractivity contribution in [2.24, 2.45) is 10.7 Å². The number of nitrogens with two attached hydrogens (primary N) is 1. The minimum atomic E-state index is 0.617. The zero-order valence-electron chi connectivity index (χ0n) is 14.4. The molecule has 0 aromatic heterocycles. The third-order valence-corrected chi connectivity index (χ3v) is 5.10. The van der Waals surface area contributed by atoms with Crippen LogP contribution >= 0.6 is 11.8 Å². The van der Waals surface area contributed by atoms with Gasteiger partial charge in [0, 0.05) is 24.6 Å². The van der Waals surface area contributed by atoms with Crippen LogP contribution in [-0.2, 0) is 24.5 Å². The van der Waals surface area contributed by atoms with Crippen LogP contribution < -0.4 is 5.73 Å². The molecule has 1 saturated heterocycles. The van der Waals surface area contributed by atoms with Crippen molar-refractivity contribution in [2.75, 3.05) is 24.6 Å². The van der Waals surface area contributed by atoms with Crippen molar-refractivity contribution < 1.29 is 4.74 Å². The summed E-state index contributed by atoms with van der Waals surface area (Å²) in [5.74, 6) is 2.93. The molecule has 2 N–H and O–H groups in total. The lowest BCUT2D eigenvalue weighted by Crippen LogP contribution is -2.42. The van der Waals surface area contributed by atoms with Crippen molar-refractivity contribution in [2.45, 2.75) is 19.8 Å². The molecule has 1 heterocycles. The topological polar surface area (TPSA) is 50.9 Å². The highest BCUT2D eigenvalue weighted by Crippen LogP contribution is 2.11. The van der Waals surface area contributed by atoms with Crippen molar-refractivity contribution in [1.29, 1.82) is 0 Å². The number of guanidine groups is 1. The number of aliphatic imine (C=N–C) groups is 1. The van der Waals surface area contributed by atoms with E-state index in [2.05, 4.69) is 46.3 Å². The number of ether oxygens (including phenoxy) is 1. The first-order valence-corrected chi connectivity index (χ1v) is 9.79. The van der Waals surface area contributed by atoms with Gasteiger partial charge in [0.2, 0.25) is 0 Å². The average molecular weight is 356 g/mol. The Morgan fingerprint density at radius 2 is 1.52 bits per heavy atom. The normalized spacial score (nSPS) is 15.4. The van der Waals surface area contributed by atoms with Crippen LogP contribution in [0, 0.1) is 0 Å². The van der Waals surface area contributed by atoms with Gasteiger partial charge in [-0.25, -0.2) is 4.99 Å². The third kappa shape index (κ3) is 5.80. The van der Waals surface area contributed by atoms with Crippen molar-refractivity contribution in [3.63, 3.8) is 0 Å². The maximum atomic E-state index is 6.09. The predicted molar refractivity (Wildman–Crippen MR) is 106 cm³/mol. The Morgan fingerprint density at radius 1 is 0.920 bits per heavy atom. The summed E-state index contributed by atoms with van der Waals surface area (Å²) in [7, 11) is 0. The van der Waals surface area contributed by atoms with E-state index in [4.69, 9.17) is 10.5 Å². The van der Waals surface area contributed by atoms with Gasteiger partial charge in [-0.05, 0) is 16.7 Å². The number of hydrogen-bond donors (Lipinski definition) is 1. The highest BCUT2D eigenvalue weighted by atomic mass is 32.2. The zero-order chi connectivity index (χ0) is 17.3. The average Bonchev–Trinajstić information content (AvgIpc) is 2.68. The van der Waals surface area contributed by atoms with Gasteiger partial charge in [-0.2, -0.15) is 11.8 Å². The second-order valence-electron chi connectivity index (χ2n) is 6.07. The third-order valence-electron chi connectivity index (χ3n) is 4.16. The fourth-order valence-corrected chi connectivity index (χ4v) is 3.57. The van der Waals surface area contributed by atoms with Crippen LogP contribution in [0.25, 0.3) is 0 Å². The second-order valence-corrected chi connectivity index (χ2v) is 7.29. The van der Waals surface area contributed by atoms with E-state index < -0.39 is 0 Å². The van der Waals surface area contributed by atoms with Crippen molar-refractivity contribution in [3.05, 3.63) is 71.3 Å². The quantitative estimate of drug-likeness (QED) is 0.638. The van der Waals surface area contributed by atoms with Crippen LogP contribution in [0.1, 0.15) is 16.7 Å². The van der Waals surface area contributed by atoms with Gasteiger partial charge in [-0.15, -0.1) is 0 Å². The van der Waals surface area contributed by atoms with Gasteiger partial charge in [-0.1, -0.05) is 54.6 Å². The smallest absolute Gasteiger partial charge is 0.191 e. The largest absolute Gasteiger partial charge is 0.372 e. The van der Waals surface area contributed by atoms with Crippen LogP contribution in [0.5, 0.6) is 0 Å². The lowest BCUT2D eigenvalue weighted by Gasteiger charge is -2.27. The number of rotatable bonds is 6. The standard InChI is InChI=1S/C20H25N3OS/c21-20(23-10-12-25-13-11-23)22-14-17-6-8-19(9-7-17)16-24-15-18-4-2-1-3-5-18/h1-9H,10-16H2,(H2,21,22). The number of thioether (sulfide) groups is 1. The van der Waals surface area contributed by atoms with Crippen molar-refractivity contribution >= 4 is 17.7 Å². The molecule has 0 saturated carbocycles. The molecule has 3 rings (SSSR count). The number of hydrogen-bond acceptors (Lipinski definition) is 3. The molecule has 5 heteroatoms. The molecule has 0 unspecified atom stereocenters. The van der Waals surface area contributed by atoms with E-state index in [1.54, 1.807) is 0 Å². The first-order chi connectivity index (χ1) is 12.3. The van der Waals surface area contributed by atoms with Gasteiger partial charge >= 0.3 is 0 Å². The molecular weight excluding hydrogens is 330 g/mol. The van der Waals surface area contributed by atoms with E-state index in [0.717, 1.165) is 24.6 Å². The van der Waals surface area contributed by atoms with E-state index in [0.29, 0.717) is 25.7 Å². The molecular formula is C20H25N3OS. The Hall–Kier alpha value is -1.98. The summed E-state index contributed by atoms with van der Waals surface area (Å²) in [6.45, 7) is 3.87. The fraction of sp³-hybridized carbons (Fsp3) is 0.350. The second kappa shape index (κ2) is 9.49. The molecule has 0 bridgehead atoms. The first kappa shape index (κ1) is 17.8. The van der Waals surface area contributed by atoms with Gasteiger partial charge < -0.3 is 15.4 Å². The van der Waals surface area contributed by atoms with E-state index in [1.165, 1.54) is 16.7 Å². The fourth-order valence-electron chi connectivity index (χ4n) is 2.67. The summed E-state index contributed by atoms with van der Waals surface area (Å²) < 4.78 is 5.77. The first-order valence-electron chi connectivity index (χ1n) is 8.63. The molecule has 4 nitrogen and oxygen atoms in total. The Labute approximate surface area is 154 Å². The molecule has 2 aromatic rings. The van der Waals surface area contributed by atoms with E-state index in [9.17, 15) is 0 Å². The molecule has 1 aliphatic heterocycles. The minimum Gasteiger partial charge on any atom is -0.372 e. The van der Waals surface area contributed by atoms with Crippen LogP contribution in [0.2, 0.25) is 0 Å². The zero-order valence-corrected chi connectivity index (χ0v) is 15.3. The highest BCUT2D eigenvalue weighted by Gasteiger charge is 2.11. The number of benzene rings is 2. The summed E-state index contributed by atoms with van der Waals surface area (Å²) in [5.41, 5.74) is 9.63. The minimum absolute atomic E-state index is 0.617. The van der Waals surface area contributed by atoms with E-state index in [1.807, 2.05) is 30.0 Å². The summed E-state index contributed by atoms with van der Waals surface area (Å²) >= 11 is 1.97. The Balaban J connectivity index is 1.45. The van der Waals surface area contributed by atoms with Gasteiger partial charge in [0.15, 0.2) is 5.96 Å². The summed E-state index contributed by atoms with van der Waals surface area (Å²) in [5, 5.41) is 0. The molecule has 1 aliphatic rings. The van der Waals surface area contributed by atoms with E-state index >= 15 is 0 Å². The summed E-state index contributed by atoms with van der Waals surface area (Å²) in [6.07, 6.45) is 0. The number of nitrogens with zero attached hydrogens (tertiary/aromatic N) is 2. The maximum absolute atomic E-state index is 6.09. The summed E-state index contributed by atoms with van der Waals surface area (Å²) in [6, 6.07) is 18.6. The van der Waals surface area contributed by atoms with Crippen molar-refractivity contribution in [1.82, 2.24) is 4.90 Å². The molecule has 0 aliphatic carbocycles. The molecule has 0 spiro atoms. The maximum Gasteiger partial charge on any atom is 0.191 e. The Kier molecular flexibility index (Phi) is 6.77.